The summed E-state index contributed by atoms with van der Waals surface area (Å²) < 4.78 is 5.49. The van der Waals surface area contributed by atoms with E-state index < -0.39 is 17.9 Å². The van der Waals surface area contributed by atoms with Gasteiger partial charge in [-0.05, 0) is 34.5 Å². The van der Waals surface area contributed by atoms with Gasteiger partial charge in [-0.3, -0.25) is 19.7 Å². The van der Waals surface area contributed by atoms with Crippen molar-refractivity contribution in [1.29, 1.82) is 0 Å². The number of carbonyl (C=O) groups excluding carboxylic acids is 3. The third-order valence-electron chi connectivity index (χ3n) is 2.34. The summed E-state index contributed by atoms with van der Waals surface area (Å²) in [6.45, 7) is 0. The van der Waals surface area contributed by atoms with Crippen LogP contribution in [0.25, 0.3) is 0 Å². The quantitative estimate of drug-likeness (QED) is 0.782. The van der Waals surface area contributed by atoms with Gasteiger partial charge in [-0.25, -0.2) is 0 Å². The van der Waals surface area contributed by atoms with Crippen molar-refractivity contribution < 1.29 is 18.8 Å². The molecule has 1 aliphatic rings. The van der Waals surface area contributed by atoms with Crippen LogP contribution in [0.4, 0.5) is 0 Å². The maximum Gasteiger partial charge on any atom is 0.287 e. The van der Waals surface area contributed by atoms with Gasteiger partial charge in [0.25, 0.3) is 5.91 Å². The van der Waals surface area contributed by atoms with E-state index in [1.165, 1.54) is 6.07 Å². The van der Waals surface area contributed by atoms with E-state index in [9.17, 15) is 14.4 Å². The lowest BCUT2D eigenvalue weighted by molar-refractivity contribution is -0.134. The standard InChI is InChI=1S/C10H9BrN2O4/c11-7-3-2-6(17-7)10(16)12-5-1-4-8(14)13-9(5)15/h2-3,5H,1,4H2,(H,12,16)(H,13,14,15). The molecule has 0 bridgehead atoms. The minimum atomic E-state index is -0.691. The van der Waals surface area contributed by atoms with Gasteiger partial charge in [0.2, 0.25) is 11.8 Å². The summed E-state index contributed by atoms with van der Waals surface area (Å²) in [6, 6.07) is 2.38. The zero-order chi connectivity index (χ0) is 12.4. The van der Waals surface area contributed by atoms with E-state index in [0.29, 0.717) is 11.1 Å². The summed E-state index contributed by atoms with van der Waals surface area (Å²) >= 11 is 3.07. The molecule has 1 aromatic heterocycles. The molecule has 1 fully saturated rings. The maximum absolute atomic E-state index is 11.7. The predicted molar refractivity (Wildman–Crippen MR) is 60.0 cm³/mol. The molecule has 1 unspecified atom stereocenters. The molecule has 0 aliphatic carbocycles. The molecule has 0 spiro atoms. The Balaban J connectivity index is 1.99. The summed E-state index contributed by atoms with van der Waals surface area (Å²) in [5, 5.41) is 4.66. The van der Waals surface area contributed by atoms with Crippen molar-refractivity contribution in [1.82, 2.24) is 10.6 Å². The van der Waals surface area contributed by atoms with Gasteiger partial charge in [-0.2, -0.15) is 0 Å². The highest BCUT2D eigenvalue weighted by Crippen LogP contribution is 2.14. The molecule has 17 heavy (non-hydrogen) atoms. The van der Waals surface area contributed by atoms with Crippen LogP contribution in [0.3, 0.4) is 0 Å². The van der Waals surface area contributed by atoms with Crippen molar-refractivity contribution in [2.24, 2.45) is 0 Å². The molecular weight excluding hydrogens is 292 g/mol. The highest BCUT2D eigenvalue weighted by atomic mass is 79.9. The Morgan fingerprint density at radius 2 is 2.24 bits per heavy atom. The first-order chi connectivity index (χ1) is 8.06. The minimum absolute atomic E-state index is 0.113. The fourth-order valence-corrected chi connectivity index (χ4v) is 1.80. The largest absolute Gasteiger partial charge is 0.444 e. The van der Waals surface area contributed by atoms with Gasteiger partial charge in [0.05, 0.1) is 0 Å². The summed E-state index contributed by atoms with van der Waals surface area (Å²) in [5.74, 6) is -1.17. The lowest BCUT2D eigenvalue weighted by atomic mass is 10.1. The zero-order valence-corrected chi connectivity index (χ0v) is 10.2. The second kappa shape index (κ2) is 4.70. The fourth-order valence-electron chi connectivity index (χ4n) is 1.50. The van der Waals surface area contributed by atoms with Gasteiger partial charge in [0, 0.05) is 6.42 Å². The van der Waals surface area contributed by atoms with Gasteiger partial charge >= 0.3 is 0 Å². The molecule has 1 aliphatic heterocycles. The lowest BCUT2D eigenvalue weighted by Gasteiger charge is -2.21. The molecule has 90 valence electrons. The molecule has 2 rings (SSSR count). The molecule has 3 amide bonds. The molecule has 0 aromatic carbocycles. The summed E-state index contributed by atoms with van der Waals surface area (Å²) in [7, 11) is 0. The maximum atomic E-state index is 11.7. The first kappa shape index (κ1) is 11.8. The third kappa shape index (κ3) is 2.73. The van der Waals surface area contributed by atoms with Gasteiger partial charge in [0.1, 0.15) is 6.04 Å². The number of hydrogen-bond acceptors (Lipinski definition) is 4. The highest BCUT2D eigenvalue weighted by molar-refractivity contribution is 9.10. The smallest absolute Gasteiger partial charge is 0.287 e. The van der Waals surface area contributed by atoms with Crippen LogP contribution in [0.5, 0.6) is 0 Å². The molecule has 1 atom stereocenters. The third-order valence-corrected chi connectivity index (χ3v) is 2.77. The Bertz CT molecular complexity index is 482. The summed E-state index contributed by atoms with van der Waals surface area (Å²) in [4.78, 5) is 34.0. The first-order valence-electron chi connectivity index (χ1n) is 4.96. The number of piperidine rings is 1. The number of carbonyl (C=O) groups is 3. The fraction of sp³-hybridized carbons (Fsp3) is 0.300. The van der Waals surface area contributed by atoms with Gasteiger partial charge in [0.15, 0.2) is 10.4 Å². The second-order valence-electron chi connectivity index (χ2n) is 3.58. The lowest BCUT2D eigenvalue weighted by Crippen LogP contribution is -2.52. The van der Waals surface area contributed by atoms with E-state index in [2.05, 4.69) is 26.6 Å². The minimum Gasteiger partial charge on any atom is -0.444 e. The number of rotatable bonds is 2. The van der Waals surface area contributed by atoms with Gasteiger partial charge < -0.3 is 9.73 Å². The molecule has 0 radical (unpaired) electrons. The summed E-state index contributed by atoms with van der Waals surface area (Å²) in [6.07, 6.45) is 0.525. The molecule has 2 N–H and O–H groups in total. The number of imide groups is 1. The Hall–Kier alpha value is -1.63. The number of nitrogens with one attached hydrogen (secondary N) is 2. The average molecular weight is 301 g/mol. The highest BCUT2D eigenvalue weighted by Gasteiger charge is 2.28. The van der Waals surface area contributed by atoms with Crippen LogP contribution in [-0.2, 0) is 9.59 Å². The molecular formula is C10H9BrN2O4. The zero-order valence-electron chi connectivity index (χ0n) is 8.66. The van der Waals surface area contributed by atoms with E-state index in [1.807, 2.05) is 0 Å². The first-order valence-corrected chi connectivity index (χ1v) is 5.75. The Morgan fingerprint density at radius 1 is 1.47 bits per heavy atom. The SMILES string of the molecule is O=C1CCC(NC(=O)c2ccc(Br)o2)C(=O)N1. The van der Waals surface area contributed by atoms with Crippen LogP contribution in [0.15, 0.2) is 21.2 Å². The number of hydrogen-bond donors (Lipinski definition) is 2. The van der Waals surface area contributed by atoms with E-state index in [4.69, 9.17) is 4.42 Å². The van der Waals surface area contributed by atoms with Crippen LogP contribution < -0.4 is 10.6 Å². The monoisotopic (exact) mass is 300 g/mol. The van der Waals surface area contributed by atoms with Crippen molar-refractivity contribution in [3.8, 4) is 0 Å². The van der Waals surface area contributed by atoms with Gasteiger partial charge in [-0.15, -0.1) is 0 Å². The number of halogens is 1. The second-order valence-corrected chi connectivity index (χ2v) is 4.36. The van der Waals surface area contributed by atoms with E-state index in [0.717, 1.165) is 0 Å². The molecule has 6 nitrogen and oxygen atoms in total. The Labute approximate surface area is 105 Å². The molecule has 7 heteroatoms. The molecule has 0 saturated carbocycles. The summed E-state index contributed by atoms with van der Waals surface area (Å²) in [5.41, 5.74) is 0. The number of furan rings is 1. The van der Waals surface area contributed by atoms with Crippen LogP contribution >= 0.6 is 15.9 Å². The average Bonchev–Trinajstić information content (AvgIpc) is 2.69. The van der Waals surface area contributed by atoms with Crippen LogP contribution in [0, 0.1) is 0 Å². The normalized spacial score (nSPS) is 19.9. The molecule has 2 heterocycles. The predicted octanol–water partition coefficient (Wildman–Crippen LogP) is 0.577. The molecule has 1 aromatic rings. The topological polar surface area (TPSA) is 88.4 Å². The van der Waals surface area contributed by atoms with Crippen LogP contribution in [0.1, 0.15) is 23.4 Å². The van der Waals surface area contributed by atoms with E-state index in [-0.39, 0.29) is 18.1 Å². The molecule has 1 saturated heterocycles. The van der Waals surface area contributed by atoms with Crippen LogP contribution in [0.2, 0.25) is 0 Å². The number of amides is 3. The Morgan fingerprint density at radius 3 is 2.82 bits per heavy atom. The van der Waals surface area contributed by atoms with Crippen LogP contribution in [-0.4, -0.2) is 23.8 Å². The Kier molecular flexibility index (Phi) is 3.28. The van der Waals surface area contributed by atoms with Crippen molar-refractivity contribution in [3.63, 3.8) is 0 Å². The van der Waals surface area contributed by atoms with Crippen molar-refractivity contribution in [2.75, 3.05) is 0 Å². The van der Waals surface area contributed by atoms with Gasteiger partial charge in [-0.1, -0.05) is 0 Å². The van der Waals surface area contributed by atoms with Crippen molar-refractivity contribution in [2.45, 2.75) is 18.9 Å². The van der Waals surface area contributed by atoms with Crippen molar-refractivity contribution in [3.05, 3.63) is 22.6 Å². The van der Waals surface area contributed by atoms with E-state index in [1.54, 1.807) is 6.07 Å². The van der Waals surface area contributed by atoms with Crippen molar-refractivity contribution >= 4 is 33.7 Å². The van der Waals surface area contributed by atoms with E-state index >= 15 is 0 Å².